The van der Waals surface area contributed by atoms with Crippen LogP contribution in [0.15, 0.2) is 18.2 Å². The summed E-state index contributed by atoms with van der Waals surface area (Å²) in [7, 11) is 0. The van der Waals surface area contributed by atoms with Crippen molar-refractivity contribution in [2.24, 2.45) is 17.1 Å². The average Bonchev–Trinajstić information content (AvgIpc) is 2.50. The first-order valence-electron chi connectivity index (χ1n) is 7.77. The van der Waals surface area contributed by atoms with Crippen molar-refractivity contribution in [3.05, 3.63) is 28.8 Å². The van der Waals surface area contributed by atoms with Crippen LogP contribution >= 0.6 is 24.0 Å². The molecule has 1 aliphatic carbocycles. The van der Waals surface area contributed by atoms with E-state index < -0.39 is 5.54 Å². The van der Waals surface area contributed by atoms with Gasteiger partial charge in [0.1, 0.15) is 5.54 Å². The number of nitrogens with two attached hydrogens (primary N) is 1. The van der Waals surface area contributed by atoms with Gasteiger partial charge in [-0.25, -0.2) is 0 Å². The number of ether oxygens (including phenoxy) is 1. The van der Waals surface area contributed by atoms with Gasteiger partial charge < -0.3 is 15.8 Å². The molecule has 4 nitrogen and oxygen atoms in total. The summed E-state index contributed by atoms with van der Waals surface area (Å²) in [5, 5.41) is 3.61. The minimum absolute atomic E-state index is 0. The van der Waals surface area contributed by atoms with Crippen molar-refractivity contribution < 1.29 is 9.53 Å². The van der Waals surface area contributed by atoms with Crippen LogP contribution in [0.2, 0.25) is 5.02 Å². The SMILES string of the molecule is Cc1c(Cl)cccc1NC(=O)C1(N)C2CCCOC2C1(C)C.Cl. The molecule has 3 atom stereocenters. The Bertz CT molecular complexity index is 621. The van der Waals surface area contributed by atoms with E-state index in [4.69, 9.17) is 22.1 Å². The van der Waals surface area contributed by atoms with E-state index in [1.807, 2.05) is 39.0 Å². The van der Waals surface area contributed by atoms with Gasteiger partial charge in [-0.05, 0) is 37.5 Å². The van der Waals surface area contributed by atoms with Gasteiger partial charge in [0.15, 0.2) is 0 Å². The van der Waals surface area contributed by atoms with Crippen LogP contribution in [-0.4, -0.2) is 24.2 Å². The normalized spacial score (nSPS) is 31.3. The lowest BCUT2D eigenvalue weighted by molar-refractivity contribution is -0.222. The van der Waals surface area contributed by atoms with Crippen molar-refractivity contribution in [1.29, 1.82) is 0 Å². The molecule has 1 aromatic rings. The van der Waals surface area contributed by atoms with Gasteiger partial charge in [-0.15, -0.1) is 12.4 Å². The smallest absolute Gasteiger partial charge is 0.245 e. The lowest BCUT2D eigenvalue weighted by Gasteiger charge is -2.65. The van der Waals surface area contributed by atoms with Gasteiger partial charge in [0, 0.05) is 28.6 Å². The first-order chi connectivity index (χ1) is 10.3. The van der Waals surface area contributed by atoms with E-state index in [-0.39, 0.29) is 35.8 Å². The Morgan fingerprint density at radius 2 is 2.13 bits per heavy atom. The number of amides is 1. The molecule has 6 heteroatoms. The first-order valence-corrected chi connectivity index (χ1v) is 8.15. The number of halogens is 2. The van der Waals surface area contributed by atoms with E-state index in [0.717, 1.165) is 30.7 Å². The fourth-order valence-corrected chi connectivity index (χ4v) is 4.18. The lowest BCUT2D eigenvalue weighted by atomic mass is 9.46. The molecule has 2 aliphatic rings. The Hall–Kier alpha value is -0.810. The third-order valence-electron chi connectivity index (χ3n) is 5.58. The number of fused-ring (bicyclic) bond motifs is 1. The van der Waals surface area contributed by atoms with Crippen molar-refractivity contribution in [2.75, 3.05) is 11.9 Å². The Morgan fingerprint density at radius 1 is 1.43 bits per heavy atom. The van der Waals surface area contributed by atoms with E-state index in [1.54, 1.807) is 0 Å². The van der Waals surface area contributed by atoms with Gasteiger partial charge in [-0.2, -0.15) is 0 Å². The molecule has 3 N–H and O–H groups in total. The monoisotopic (exact) mass is 358 g/mol. The average molecular weight is 359 g/mol. The second-order valence-electron chi connectivity index (χ2n) is 7.00. The molecule has 1 aliphatic heterocycles. The van der Waals surface area contributed by atoms with Crippen LogP contribution in [0.4, 0.5) is 5.69 Å². The zero-order chi connectivity index (χ0) is 16.1. The highest BCUT2D eigenvalue weighted by Gasteiger charge is 2.70. The molecule has 1 saturated carbocycles. The molecule has 0 radical (unpaired) electrons. The highest BCUT2D eigenvalue weighted by Crippen LogP contribution is 2.57. The molecular weight excluding hydrogens is 335 g/mol. The molecule has 1 heterocycles. The van der Waals surface area contributed by atoms with Gasteiger partial charge in [-0.1, -0.05) is 31.5 Å². The summed E-state index contributed by atoms with van der Waals surface area (Å²) >= 11 is 6.12. The number of hydrogen-bond donors (Lipinski definition) is 2. The molecule has 0 aromatic heterocycles. The van der Waals surface area contributed by atoms with Crippen LogP contribution in [0.1, 0.15) is 32.3 Å². The lowest BCUT2D eigenvalue weighted by Crippen LogP contribution is -2.81. The van der Waals surface area contributed by atoms with Gasteiger partial charge in [0.2, 0.25) is 5.91 Å². The third kappa shape index (κ3) is 2.56. The Balaban J connectivity index is 0.00000192. The molecule has 2 fully saturated rings. The van der Waals surface area contributed by atoms with Crippen LogP contribution in [0.5, 0.6) is 0 Å². The number of benzene rings is 1. The van der Waals surface area contributed by atoms with Crippen molar-refractivity contribution >= 4 is 35.6 Å². The van der Waals surface area contributed by atoms with E-state index in [9.17, 15) is 4.79 Å². The minimum Gasteiger partial charge on any atom is -0.377 e. The number of carbonyl (C=O) groups is 1. The fraction of sp³-hybridized carbons (Fsp3) is 0.588. The van der Waals surface area contributed by atoms with Crippen molar-refractivity contribution in [1.82, 2.24) is 0 Å². The molecule has 3 unspecified atom stereocenters. The fourth-order valence-electron chi connectivity index (χ4n) is 4.01. The van der Waals surface area contributed by atoms with Crippen LogP contribution < -0.4 is 11.1 Å². The summed E-state index contributed by atoms with van der Waals surface area (Å²) in [6, 6.07) is 5.48. The van der Waals surface area contributed by atoms with E-state index in [1.165, 1.54) is 0 Å². The maximum absolute atomic E-state index is 12.9. The highest BCUT2D eigenvalue weighted by atomic mass is 35.5. The molecule has 1 aromatic carbocycles. The van der Waals surface area contributed by atoms with Gasteiger partial charge >= 0.3 is 0 Å². The number of nitrogens with one attached hydrogen (secondary N) is 1. The van der Waals surface area contributed by atoms with Crippen molar-refractivity contribution in [3.8, 4) is 0 Å². The topological polar surface area (TPSA) is 64.4 Å². The molecule has 1 saturated heterocycles. The summed E-state index contributed by atoms with van der Waals surface area (Å²) in [5.41, 5.74) is 6.88. The standard InChI is InChI=1S/C17H23ClN2O2.ClH/c1-10-12(18)7-4-8-13(10)20-15(21)17(19)11-6-5-9-22-14(11)16(17,2)3;/h4,7-8,11,14H,5-6,9,19H2,1-3H3,(H,20,21);1H. The summed E-state index contributed by atoms with van der Waals surface area (Å²) in [6.07, 6.45) is 1.96. The van der Waals surface area contributed by atoms with E-state index in [0.29, 0.717) is 5.02 Å². The van der Waals surface area contributed by atoms with Crippen LogP contribution in [0.25, 0.3) is 0 Å². The zero-order valence-electron chi connectivity index (χ0n) is 13.7. The van der Waals surface area contributed by atoms with Crippen molar-refractivity contribution in [2.45, 2.75) is 45.3 Å². The van der Waals surface area contributed by atoms with Gasteiger partial charge in [-0.3, -0.25) is 4.79 Å². The van der Waals surface area contributed by atoms with Crippen molar-refractivity contribution in [3.63, 3.8) is 0 Å². The largest absolute Gasteiger partial charge is 0.377 e. The van der Waals surface area contributed by atoms with Crippen LogP contribution in [0, 0.1) is 18.3 Å². The summed E-state index contributed by atoms with van der Waals surface area (Å²) in [4.78, 5) is 12.9. The number of anilines is 1. The molecule has 0 spiro atoms. The van der Waals surface area contributed by atoms with Gasteiger partial charge in [0.05, 0.1) is 6.10 Å². The number of hydrogen-bond acceptors (Lipinski definition) is 3. The summed E-state index contributed by atoms with van der Waals surface area (Å²) < 4.78 is 5.85. The Labute approximate surface area is 148 Å². The predicted octanol–water partition coefficient (Wildman–Crippen LogP) is 3.54. The quantitative estimate of drug-likeness (QED) is 0.849. The molecular formula is C17H24Cl2N2O2. The summed E-state index contributed by atoms with van der Waals surface area (Å²) in [5.74, 6) is -0.0645. The number of rotatable bonds is 2. The maximum atomic E-state index is 12.9. The predicted molar refractivity (Wildman–Crippen MR) is 95.2 cm³/mol. The highest BCUT2D eigenvalue weighted by molar-refractivity contribution is 6.31. The Morgan fingerprint density at radius 3 is 2.83 bits per heavy atom. The molecule has 128 valence electrons. The summed E-state index contributed by atoms with van der Waals surface area (Å²) in [6.45, 7) is 6.68. The van der Waals surface area contributed by atoms with E-state index >= 15 is 0 Å². The zero-order valence-corrected chi connectivity index (χ0v) is 15.3. The second kappa shape index (κ2) is 6.25. The number of carbonyl (C=O) groups excluding carboxylic acids is 1. The van der Waals surface area contributed by atoms with E-state index in [2.05, 4.69) is 5.32 Å². The first kappa shape index (κ1) is 18.5. The minimum atomic E-state index is -0.910. The Kier molecular flexibility index (Phi) is 5.03. The van der Waals surface area contributed by atoms with Gasteiger partial charge in [0.25, 0.3) is 0 Å². The third-order valence-corrected chi connectivity index (χ3v) is 5.99. The molecule has 0 bridgehead atoms. The van der Waals surface area contributed by atoms with Crippen LogP contribution in [-0.2, 0) is 9.53 Å². The molecule has 1 amide bonds. The molecule has 3 rings (SSSR count). The second-order valence-corrected chi connectivity index (χ2v) is 7.40. The maximum Gasteiger partial charge on any atom is 0.245 e. The molecule has 23 heavy (non-hydrogen) atoms. The van der Waals surface area contributed by atoms with Crippen LogP contribution in [0.3, 0.4) is 0 Å².